The number of hydrogen-bond acceptors (Lipinski definition) is 2. The molecule has 1 aliphatic rings. The van der Waals surface area contributed by atoms with Gasteiger partial charge in [0.25, 0.3) is 0 Å². The first kappa shape index (κ1) is 19.2. The van der Waals surface area contributed by atoms with E-state index in [-0.39, 0.29) is 22.4 Å². The molecular formula is C19H36N2O. The molecule has 0 radical (unpaired) electrons. The molecule has 1 rings (SSSR count). The van der Waals surface area contributed by atoms with E-state index in [9.17, 15) is 4.79 Å². The zero-order chi connectivity index (χ0) is 17.2. The van der Waals surface area contributed by atoms with Crippen molar-refractivity contribution in [2.45, 2.75) is 78.8 Å². The highest BCUT2D eigenvalue weighted by Gasteiger charge is 2.46. The van der Waals surface area contributed by atoms with Crippen LogP contribution in [0, 0.1) is 17.3 Å². The average Bonchev–Trinajstić information content (AvgIpc) is 2.34. The third-order valence-corrected chi connectivity index (χ3v) is 4.69. The number of amides is 1. The molecule has 0 heterocycles. The van der Waals surface area contributed by atoms with Gasteiger partial charge in [-0.15, -0.1) is 6.58 Å². The van der Waals surface area contributed by atoms with Crippen molar-refractivity contribution in [1.82, 2.24) is 10.6 Å². The van der Waals surface area contributed by atoms with Gasteiger partial charge in [-0.05, 0) is 79.2 Å². The van der Waals surface area contributed by atoms with E-state index in [0.29, 0.717) is 11.8 Å². The molecule has 0 saturated heterocycles. The molecule has 1 amide bonds. The summed E-state index contributed by atoms with van der Waals surface area (Å²) in [6.07, 6.45) is 5.14. The fourth-order valence-electron chi connectivity index (χ4n) is 3.27. The van der Waals surface area contributed by atoms with Crippen LogP contribution in [0.5, 0.6) is 0 Å². The van der Waals surface area contributed by atoms with Crippen molar-refractivity contribution in [2.24, 2.45) is 17.3 Å². The second-order valence-electron chi connectivity index (χ2n) is 9.23. The van der Waals surface area contributed by atoms with Crippen LogP contribution in [0.2, 0.25) is 0 Å². The van der Waals surface area contributed by atoms with Gasteiger partial charge in [-0.3, -0.25) is 4.79 Å². The fourth-order valence-corrected chi connectivity index (χ4v) is 3.27. The summed E-state index contributed by atoms with van der Waals surface area (Å²) in [6, 6.07) is 0. The molecule has 0 spiro atoms. The summed E-state index contributed by atoms with van der Waals surface area (Å²) in [5.74, 6) is 0.999. The van der Waals surface area contributed by atoms with Gasteiger partial charge in [0.2, 0.25) is 5.91 Å². The average molecular weight is 309 g/mol. The molecule has 1 aliphatic carbocycles. The number of allylic oxidation sites excluding steroid dienone is 1. The summed E-state index contributed by atoms with van der Waals surface area (Å²) < 4.78 is 0. The fraction of sp³-hybridized carbons (Fsp3) is 0.842. The summed E-state index contributed by atoms with van der Waals surface area (Å²) in [4.78, 5) is 13.0. The molecule has 22 heavy (non-hydrogen) atoms. The monoisotopic (exact) mass is 308 g/mol. The van der Waals surface area contributed by atoms with Crippen molar-refractivity contribution >= 4 is 5.91 Å². The molecule has 0 aromatic heterocycles. The first-order valence-corrected chi connectivity index (χ1v) is 8.57. The molecule has 0 unspecified atom stereocenters. The highest BCUT2D eigenvalue weighted by molar-refractivity contribution is 5.83. The maximum Gasteiger partial charge on any atom is 0.226 e. The molecule has 0 aromatic carbocycles. The second-order valence-corrected chi connectivity index (χ2v) is 9.23. The second kappa shape index (κ2) is 6.74. The molecule has 1 saturated carbocycles. The van der Waals surface area contributed by atoms with Gasteiger partial charge in [0.15, 0.2) is 0 Å². The first-order valence-electron chi connectivity index (χ1n) is 8.57. The topological polar surface area (TPSA) is 41.1 Å². The number of nitrogens with one attached hydrogen (secondary N) is 2. The van der Waals surface area contributed by atoms with Crippen molar-refractivity contribution in [2.75, 3.05) is 6.54 Å². The van der Waals surface area contributed by atoms with Crippen molar-refractivity contribution < 1.29 is 4.79 Å². The van der Waals surface area contributed by atoms with Crippen LogP contribution in [-0.2, 0) is 4.79 Å². The Kier molecular flexibility index (Phi) is 5.88. The molecule has 0 aromatic rings. The summed E-state index contributed by atoms with van der Waals surface area (Å²) in [6.45, 7) is 19.6. The zero-order valence-corrected chi connectivity index (χ0v) is 15.7. The maximum atomic E-state index is 13.0. The van der Waals surface area contributed by atoms with Gasteiger partial charge in [0, 0.05) is 11.1 Å². The molecule has 1 fully saturated rings. The van der Waals surface area contributed by atoms with E-state index in [2.05, 4.69) is 44.9 Å². The predicted octanol–water partition coefficient (Wildman–Crippen LogP) is 3.90. The lowest BCUT2D eigenvalue weighted by molar-refractivity contribution is -0.137. The van der Waals surface area contributed by atoms with E-state index in [4.69, 9.17) is 0 Å². The Morgan fingerprint density at radius 1 is 1.18 bits per heavy atom. The lowest BCUT2D eigenvalue weighted by atomic mass is 9.63. The molecular weight excluding hydrogens is 272 g/mol. The Labute approximate surface area is 137 Å². The number of hydrogen-bond donors (Lipinski definition) is 2. The lowest BCUT2D eigenvalue weighted by Gasteiger charge is -2.45. The Morgan fingerprint density at radius 2 is 1.77 bits per heavy atom. The van der Waals surface area contributed by atoms with Gasteiger partial charge in [0.1, 0.15) is 0 Å². The maximum absolute atomic E-state index is 13.0. The Hall–Kier alpha value is -0.830. The quantitative estimate of drug-likeness (QED) is 0.773. The lowest BCUT2D eigenvalue weighted by Crippen LogP contribution is -2.55. The molecule has 0 aliphatic heterocycles. The van der Waals surface area contributed by atoms with Gasteiger partial charge < -0.3 is 10.6 Å². The summed E-state index contributed by atoms with van der Waals surface area (Å²) in [5.41, 5.74) is -0.442. The van der Waals surface area contributed by atoms with Crippen molar-refractivity contribution in [3.63, 3.8) is 0 Å². The van der Waals surface area contributed by atoms with Crippen LogP contribution in [0.3, 0.4) is 0 Å². The molecule has 2 N–H and O–H groups in total. The summed E-state index contributed by atoms with van der Waals surface area (Å²) in [7, 11) is 0. The van der Waals surface area contributed by atoms with Crippen LogP contribution in [0.15, 0.2) is 12.7 Å². The number of carbonyl (C=O) groups excluding carboxylic acids is 1. The largest absolute Gasteiger partial charge is 0.351 e. The minimum Gasteiger partial charge on any atom is -0.351 e. The van der Waals surface area contributed by atoms with E-state index in [0.717, 1.165) is 25.8 Å². The van der Waals surface area contributed by atoms with E-state index in [1.165, 1.54) is 0 Å². The molecule has 3 nitrogen and oxygen atoms in total. The molecule has 128 valence electrons. The van der Waals surface area contributed by atoms with Gasteiger partial charge in [-0.2, -0.15) is 0 Å². The van der Waals surface area contributed by atoms with Crippen molar-refractivity contribution in [3.05, 3.63) is 12.7 Å². The summed E-state index contributed by atoms with van der Waals surface area (Å²) in [5, 5.41) is 6.79. The van der Waals surface area contributed by atoms with E-state index in [1.54, 1.807) is 0 Å². The SMILES string of the molecule is C=C[C@@H]1CC[C@@H](CNC(C)(C)C)[C@@](C)(C(=O)NC(C)(C)C)C1. The third kappa shape index (κ3) is 5.42. The highest BCUT2D eigenvalue weighted by atomic mass is 16.2. The van der Waals surface area contributed by atoms with E-state index < -0.39 is 0 Å². The van der Waals surface area contributed by atoms with Crippen LogP contribution in [0.1, 0.15) is 67.7 Å². The van der Waals surface area contributed by atoms with E-state index in [1.807, 2.05) is 26.8 Å². The van der Waals surface area contributed by atoms with Crippen LogP contribution in [-0.4, -0.2) is 23.5 Å². The normalized spacial score (nSPS) is 30.0. The Morgan fingerprint density at radius 3 is 2.23 bits per heavy atom. The summed E-state index contributed by atoms with van der Waals surface area (Å²) >= 11 is 0. The van der Waals surface area contributed by atoms with Gasteiger partial charge in [-0.25, -0.2) is 0 Å². The number of rotatable bonds is 4. The van der Waals surface area contributed by atoms with Crippen molar-refractivity contribution in [1.29, 1.82) is 0 Å². The Bertz CT molecular complexity index is 403. The van der Waals surface area contributed by atoms with Gasteiger partial charge in [0.05, 0.1) is 5.41 Å². The highest BCUT2D eigenvalue weighted by Crippen LogP contribution is 2.44. The van der Waals surface area contributed by atoms with Crippen LogP contribution < -0.4 is 10.6 Å². The minimum atomic E-state index is -0.331. The van der Waals surface area contributed by atoms with Crippen LogP contribution >= 0.6 is 0 Å². The standard InChI is InChI=1S/C19H36N2O/c1-9-14-10-11-15(13-20-17(2,3)4)19(8,12-14)16(22)21-18(5,6)7/h9,14-15,20H,1,10-13H2,2-8H3,(H,21,22)/t14-,15+,19+/m1/s1. The van der Waals surface area contributed by atoms with Crippen LogP contribution in [0.4, 0.5) is 0 Å². The third-order valence-electron chi connectivity index (χ3n) is 4.69. The van der Waals surface area contributed by atoms with E-state index >= 15 is 0 Å². The van der Waals surface area contributed by atoms with Crippen LogP contribution in [0.25, 0.3) is 0 Å². The molecule has 3 heteroatoms. The predicted molar refractivity (Wildman–Crippen MR) is 94.8 cm³/mol. The molecule has 0 bridgehead atoms. The van der Waals surface area contributed by atoms with Crippen molar-refractivity contribution in [3.8, 4) is 0 Å². The minimum absolute atomic E-state index is 0.0801. The number of carbonyl (C=O) groups is 1. The van der Waals surface area contributed by atoms with Gasteiger partial charge >= 0.3 is 0 Å². The molecule has 3 atom stereocenters. The Balaban J connectivity index is 2.92. The first-order chi connectivity index (χ1) is 9.87. The van der Waals surface area contributed by atoms with Gasteiger partial charge in [-0.1, -0.05) is 13.0 Å². The smallest absolute Gasteiger partial charge is 0.226 e. The zero-order valence-electron chi connectivity index (χ0n) is 15.7.